The Bertz CT molecular complexity index is 1220. The molecule has 12 heteroatoms. The van der Waals surface area contributed by atoms with Crippen LogP contribution >= 0.6 is 22.6 Å². The highest BCUT2D eigenvalue weighted by Gasteiger charge is 2.49. The third kappa shape index (κ3) is 9.24. The fourth-order valence-corrected chi connectivity index (χ4v) is 7.09. The SMILES string of the molecule is CC(=O)O[C@@H]1[C@H](OCc2ccccc2)[C@@H](I)[C@H](O[C@@H]2C[C@H](O[C@@H]3C[C@H](O)O[C@@H](C)[C@@H]3OCc3ccccc3)O[C@@H](C)[C@@H]2O)O[C@H]1C. The van der Waals surface area contributed by atoms with Crippen LogP contribution in [0, 0.1) is 0 Å². The minimum absolute atomic E-state index is 0.198. The highest BCUT2D eigenvalue weighted by molar-refractivity contribution is 14.1. The monoisotopic (exact) mass is 756 g/mol. The van der Waals surface area contributed by atoms with Gasteiger partial charge in [-0.15, -0.1) is 0 Å². The minimum Gasteiger partial charge on any atom is -0.457 e. The first-order valence-corrected chi connectivity index (χ1v) is 17.1. The number of halogens is 1. The van der Waals surface area contributed by atoms with Crippen molar-refractivity contribution in [2.24, 2.45) is 0 Å². The summed E-state index contributed by atoms with van der Waals surface area (Å²) in [6.07, 6.45) is -7.52. The molecule has 5 rings (SSSR count). The van der Waals surface area contributed by atoms with Crippen molar-refractivity contribution in [2.45, 2.75) is 131 Å². The standard InChI is InChI=1S/C34H45IO11/c1-19-30(38)25(16-28(42-19)45-26-15-27(37)41-20(2)31(26)39-17-23-11-7-5-8-12-23)46-34-29(35)33(32(21(3)43-34)44-22(4)36)40-18-24-13-9-6-10-14-24/h5-14,19-21,25-34,37-38H,15-18H2,1-4H3/t19-,20-,21-,25+,26+,27+,28-,29+,30-,31-,32-,33+,34-/m0/s1. The normalized spacial score (nSPS) is 38.3. The van der Waals surface area contributed by atoms with Crippen LogP contribution in [0.2, 0.25) is 0 Å². The second kappa shape index (κ2) is 16.6. The van der Waals surface area contributed by atoms with Crippen LogP contribution in [-0.4, -0.2) is 93.9 Å². The number of benzene rings is 2. The molecule has 0 unspecified atom stereocenters. The molecule has 46 heavy (non-hydrogen) atoms. The molecule has 2 aromatic carbocycles. The van der Waals surface area contributed by atoms with Gasteiger partial charge in [-0.2, -0.15) is 0 Å². The molecular weight excluding hydrogens is 711 g/mol. The van der Waals surface area contributed by atoms with Gasteiger partial charge in [0.2, 0.25) is 0 Å². The number of rotatable bonds is 11. The molecule has 3 heterocycles. The van der Waals surface area contributed by atoms with E-state index in [4.69, 9.17) is 37.9 Å². The third-order valence-electron chi connectivity index (χ3n) is 8.50. The Morgan fingerprint density at radius 2 is 1.35 bits per heavy atom. The Kier molecular flexibility index (Phi) is 12.8. The van der Waals surface area contributed by atoms with Crippen LogP contribution < -0.4 is 0 Å². The molecule has 0 aliphatic carbocycles. The summed E-state index contributed by atoms with van der Waals surface area (Å²) in [6.45, 7) is 7.45. The van der Waals surface area contributed by atoms with Crippen molar-refractivity contribution in [3.63, 3.8) is 0 Å². The van der Waals surface area contributed by atoms with Gasteiger partial charge in [0, 0.05) is 19.8 Å². The number of alkyl halides is 1. The van der Waals surface area contributed by atoms with E-state index in [2.05, 4.69) is 22.6 Å². The lowest BCUT2D eigenvalue weighted by Crippen LogP contribution is -2.60. The van der Waals surface area contributed by atoms with E-state index in [-0.39, 0.29) is 16.8 Å². The molecule has 0 aromatic heterocycles. The van der Waals surface area contributed by atoms with Crippen LogP contribution in [0.5, 0.6) is 0 Å². The van der Waals surface area contributed by atoms with E-state index >= 15 is 0 Å². The van der Waals surface area contributed by atoms with Crippen molar-refractivity contribution in [1.29, 1.82) is 0 Å². The quantitative estimate of drug-likeness (QED) is 0.196. The molecule has 0 radical (unpaired) electrons. The molecular formula is C34H45IO11. The summed E-state index contributed by atoms with van der Waals surface area (Å²) in [5.74, 6) is -0.427. The molecule has 2 N–H and O–H groups in total. The van der Waals surface area contributed by atoms with E-state index in [1.165, 1.54) is 6.92 Å². The molecule has 0 spiro atoms. The molecule has 3 aliphatic rings. The topological polar surface area (TPSA) is 131 Å². The van der Waals surface area contributed by atoms with Crippen molar-refractivity contribution in [1.82, 2.24) is 0 Å². The van der Waals surface area contributed by atoms with Gasteiger partial charge in [0.15, 0.2) is 25.0 Å². The van der Waals surface area contributed by atoms with Crippen LogP contribution in [0.4, 0.5) is 0 Å². The average Bonchev–Trinajstić information content (AvgIpc) is 3.02. The first kappa shape index (κ1) is 35.6. The van der Waals surface area contributed by atoms with Crippen molar-refractivity contribution >= 4 is 28.6 Å². The summed E-state index contributed by atoms with van der Waals surface area (Å²) >= 11 is 2.21. The third-order valence-corrected chi connectivity index (χ3v) is 9.80. The fraction of sp³-hybridized carbons (Fsp3) is 0.618. The molecule has 3 fully saturated rings. The van der Waals surface area contributed by atoms with Crippen LogP contribution in [0.25, 0.3) is 0 Å². The van der Waals surface area contributed by atoms with Crippen molar-refractivity contribution < 1.29 is 52.9 Å². The first-order valence-electron chi connectivity index (χ1n) is 15.8. The number of esters is 1. The molecule has 0 saturated carbocycles. The van der Waals surface area contributed by atoms with Gasteiger partial charge < -0.3 is 48.1 Å². The second-order valence-corrected chi connectivity index (χ2v) is 13.6. The summed E-state index contributed by atoms with van der Waals surface area (Å²) < 4.78 is 48.7. The highest BCUT2D eigenvalue weighted by atomic mass is 127. The van der Waals surface area contributed by atoms with Gasteiger partial charge in [-0.3, -0.25) is 4.79 Å². The Morgan fingerprint density at radius 1 is 0.761 bits per heavy atom. The summed E-state index contributed by atoms with van der Waals surface area (Å²) in [7, 11) is 0. The van der Waals surface area contributed by atoms with Gasteiger partial charge in [0.1, 0.15) is 18.3 Å². The summed E-state index contributed by atoms with van der Waals surface area (Å²) in [4.78, 5) is 12.0. The van der Waals surface area contributed by atoms with Gasteiger partial charge in [0.25, 0.3) is 0 Å². The van der Waals surface area contributed by atoms with E-state index in [1.807, 2.05) is 74.5 Å². The maximum Gasteiger partial charge on any atom is 0.303 e. The van der Waals surface area contributed by atoms with Crippen LogP contribution in [-0.2, 0) is 55.9 Å². The Labute approximate surface area is 283 Å². The predicted octanol–water partition coefficient (Wildman–Crippen LogP) is 4.03. The maximum absolute atomic E-state index is 12.0. The number of carbonyl (C=O) groups is 1. The highest BCUT2D eigenvalue weighted by Crippen LogP contribution is 2.36. The molecule has 3 saturated heterocycles. The van der Waals surface area contributed by atoms with Crippen LogP contribution in [0.15, 0.2) is 60.7 Å². The van der Waals surface area contributed by atoms with E-state index < -0.39 is 79.8 Å². The lowest BCUT2D eigenvalue weighted by molar-refractivity contribution is -0.327. The second-order valence-electron chi connectivity index (χ2n) is 12.1. The molecule has 0 bridgehead atoms. The fourth-order valence-electron chi connectivity index (χ4n) is 6.14. The van der Waals surface area contributed by atoms with Crippen LogP contribution in [0.3, 0.4) is 0 Å². The number of hydrogen-bond acceptors (Lipinski definition) is 11. The maximum atomic E-state index is 12.0. The molecule has 254 valence electrons. The summed E-state index contributed by atoms with van der Waals surface area (Å²) in [5.41, 5.74) is 1.99. The Morgan fingerprint density at radius 3 is 1.96 bits per heavy atom. The van der Waals surface area contributed by atoms with Crippen molar-refractivity contribution in [3.8, 4) is 0 Å². The van der Waals surface area contributed by atoms with Crippen molar-refractivity contribution in [3.05, 3.63) is 71.8 Å². The molecule has 3 aliphatic heterocycles. The van der Waals surface area contributed by atoms with E-state index in [1.54, 1.807) is 6.92 Å². The van der Waals surface area contributed by atoms with Gasteiger partial charge in [-0.25, -0.2) is 0 Å². The molecule has 0 amide bonds. The Hall–Kier alpha value is -1.72. The van der Waals surface area contributed by atoms with Gasteiger partial charge >= 0.3 is 5.97 Å². The zero-order chi connectivity index (χ0) is 32.8. The van der Waals surface area contributed by atoms with Crippen LogP contribution in [0.1, 0.15) is 51.7 Å². The molecule has 11 nitrogen and oxygen atoms in total. The number of carbonyl (C=O) groups excluding carboxylic acids is 1. The zero-order valence-corrected chi connectivity index (χ0v) is 28.7. The zero-order valence-electron chi connectivity index (χ0n) is 26.6. The van der Waals surface area contributed by atoms with Gasteiger partial charge in [-0.1, -0.05) is 83.3 Å². The number of aliphatic hydroxyl groups excluding tert-OH is 2. The minimum atomic E-state index is -1.01. The lowest BCUT2D eigenvalue weighted by atomic mass is 9.99. The Balaban J connectivity index is 1.25. The number of aliphatic hydroxyl groups is 2. The number of ether oxygens (including phenoxy) is 8. The largest absolute Gasteiger partial charge is 0.457 e. The van der Waals surface area contributed by atoms with Gasteiger partial charge in [-0.05, 0) is 31.9 Å². The lowest BCUT2D eigenvalue weighted by Gasteiger charge is -2.46. The summed E-state index contributed by atoms with van der Waals surface area (Å²) in [6, 6.07) is 19.6. The average molecular weight is 757 g/mol. The smallest absolute Gasteiger partial charge is 0.303 e. The van der Waals surface area contributed by atoms with E-state index in [0.717, 1.165) is 11.1 Å². The van der Waals surface area contributed by atoms with Crippen molar-refractivity contribution in [2.75, 3.05) is 0 Å². The van der Waals surface area contributed by atoms with Gasteiger partial charge in [0.05, 0.1) is 47.7 Å². The predicted molar refractivity (Wildman–Crippen MR) is 174 cm³/mol. The van der Waals surface area contributed by atoms with E-state index in [0.29, 0.717) is 13.2 Å². The summed E-state index contributed by atoms with van der Waals surface area (Å²) in [5, 5.41) is 21.5. The molecule has 13 atom stereocenters. The first-order chi connectivity index (χ1) is 22.1. The van der Waals surface area contributed by atoms with E-state index in [9.17, 15) is 15.0 Å². The molecule has 2 aromatic rings. The number of hydrogen-bond donors (Lipinski definition) is 2.